The summed E-state index contributed by atoms with van der Waals surface area (Å²) in [5.41, 5.74) is 9.21. The highest BCUT2D eigenvalue weighted by Gasteiger charge is 2.37. The number of alkyl halides is 3. The van der Waals surface area contributed by atoms with E-state index in [-0.39, 0.29) is 13.2 Å². The zero-order valence-corrected chi connectivity index (χ0v) is 26.3. The molecule has 4 atom stereocenters. The summed E-state index contributed by atoms with van der Waals surface area (Å²) in [6, 6.07) is 23.7. The van der Waals surface area contributed by atoms with Gasteiger partial charge in [0.1, 0.15) is 13.2 Å². The number of anilines is 1. The molecule has 0 aliphatic carbocycles. The number of methoxy groups -OCH3 is 1. The summed E-state index contributed by atoms with van der Waals surface area (Å²) >= 11 is 0. The molecule has 0 aromatic heterocycles. The van der Waals surface area contributed by atoms with Gasteiger partial charge in [-0.1, -0.05) is 78.9 Å². The minimum absolute atomic E-state index is 0.275. The van der Waals surface area contributed by atoms with E-state index in [4.69, 9.17) is 19.9 Å². The Morgan fingerprint density at radius 3 is 2.21 bits per heavy atom. The molecule has 3 aromatic rings. The zero-order chi connectivity index (χ0) is 34.7. The molecule has 3 aromatic carbocycles. The maximum Gasteiger partial charge on any atom is 0.420 e. The molecule has 0 saturated carbocycles. The van der Waals surface area contributed by atoms with E-state index in [0.29, 0.717) is 24.1 Å². The van der Waals surface area contributed by atoms with E-state index in [0.717, 1.165) is 16.0 Å². The average molecular weight is 673 g/mol. The van der Waals surface area contributed by atoms with E-state index in [1.165, 1.54) is 7.11 Å². The van der Waals surface area contributed by atoms with Crippen LogP contribution >= 0.6 is 0 Å². The second-order valence-corrected chi connectivity index (χ2v) is 11.2. The third kappa shape index (κ3) is 9.76. The molecule has 3 amide bonds. The van der Waals surface area contributed by atoms with Gasteiger partial charge in [-0.25, -0.2) is 14.5 Å². The molecule has 0 unspecified atom stereocenters. The number of carbonyl (C=O) groups is 3. The molecule has 48 heavy (non-hydrogen) atoms. The molecule has 0 bridgehead atoms. The fourth-order valence-corrected chi connectivity index (χ4v) is 5.57. The van der Waals surface area contributed by atoms with E-state index < -0.39 is 67.6 Å². The summed E-state index contributed by atoms with van der Waals surface area (Å²) in [7, 11) is 1.18. The smallest absolute Gasteiger partial charge is 0.420 e. The fourth-order valence-electron chi connectivity index (χ4n) is 5.57. The molecule has 1 aliphatic heterocycles. The number of hydrogen-bond acceptors (Lipinski definition) is 9. The number of para-hydroxylation sites is 1. The first-order valence-corrected chi connectivity index (χ1v) is 15.3. The monoisotopic (exact) mass is 672 g/mol. The van der Waals surface area contributed by atoms with E-state index in [1.54, 1.807) is 29.6 Å². The second-order valence-electron chi connectivity index (χ2n) is 11.2. The molecule has 11 nitrogen and oxygen atoms in total. The topological polar surface area (TPSA) is 152 Å². The number of aryl methyl sites for hydroxylation is 1. The van der Waals surface area contributed by atoms with Crippen LogP contribution in [0, 0.1) is 0 Å². The standard InChI is InChI=1S/C34H39F3N4O7/c1-46-33(45)41(31(43)30(38)29(23-11-4-2-5-12-23)24-13-6-3-7-14-24)27-15-9-8-10-22(27)16-17-25-18-39-26(28(19-42)48-25)20-47-32(44)40-21-34(35,36)37/h2-15,25-26,28-30,39,42H,16-21,38H2,1H3,(H,40,44)/t25-,26-,28-,30+/m1/s1. The van der Waals surface area contributed by atoms with Gasteiger partial charge in [0, 0.05) is 12.5 Å². The van der Waals surface area contributed by atoms with Crippen molar-refractivity contribution in [3.05, 3.63) is 102 Å². The number of benzene rings is 3. The van der Waals surface area contributed by atoms with Gasteiger partial charge in [0.05, 0.1) is 43.7 Å². The zero-order valence-electron chi connectivity index (χ0n) is 26.3. The van der Waals surface area contributed by atoms with Crippen molar-refractivity contribution in [3.8, 4) is 0 Å². The van der Waals surface area contributed by atoms with Crippen molar-refractivity contribution in [2.75, 3.05) is 38.3 Å². The number of nitrogens with one attached hydrogen (secondary N) is 2. The van der Waals surface area contributed by atoms with Crippen molar-refractivity contribution in [2.24, 2.45) is 5.73 Å². The lowest BCUT2D eigenvalue weighted by atomic mass is 9.84. The lowest BCUT2D eigenvalue weighted by Gasteiger charge is -2.36. The fraction of sp³-hybridized carbons (Fsp3) is 0.382. The minimum atomic E-state index is -4.58. The third-order valence-electron chi connectivity index (χ3n) is 7.94. The first kappa shape index (κ1) is 36.3. The van der Waals surface area contributed by atoms with Gasteiger partial charge >= 0.3 is 18.4 Å². The largest absolute Gasteiger partial charge is 0.452 e. The van der Waals surface area contributed by atoms with E-state index >= 15 is 0 Å². The van der Waals surface area contributed by atoms with Gasteiger partial charge < -0.3 is 35.7 Å². The van der Waals surface area contributed by atoms with Gasteiger partial charge in [-0.15, -0.1) is 0 Å². The first-order chi connectivity index (χ1) is 23.0. The molecule has 0 spiro atoms. The SMILES string of the molecule is COC(=O)N(C(=O)[C@@H](N)C(c1ccccc1)c1ccccc1)c1ccccc1CC[C@@H]1CN[C@H](COC(=O)NCC(F)(F)F)[C@@H](CO)O1. The number of nitrogens with two attached hydrogens (primary N) is 1. The highest BCUT2D eigenvalue weighted by atomic mass is 19.4. The van der Waals surface area contributed by atoms with Crippen LogP contribution < -0.4 is 21.3 Å². The Bertz CT molecular complexity index is 1460. The van der Waals surface area contributed by atoms with Gasteiger partial charge in [0.2, 0.25) is 0 Å². The number of imide groups is 1. The number of hydrogen-bond donors (Lipinski definition) is 4. The number of rotatable bonds is 12. The van der Waals surface area contributed by atoms with E-state index in [2.05, 4.69) is 5.32 Å². The van der Waals surface area contributed by atoms with Crippen LogP contribution in [0.5, 0.6) is 0 Å². The summed E-state index contributed by atoms with van der Waals surface area (Å²) in [6.07, 6.45) is -7.23. The predicted molar refractivity (Wildman–Crippen MR) is 170 cm³/mol. The summed E-state index contributed by atoms with van der Waals surface area (Å²) in [4.78, 5) is 39.9. The first-order valence-electron chi connectivity index (χ1n) is 15.3. The van der Waals surface area contributed by atoms with Crippen molar-refractivity contribution < 1.29 is 46.9 Å². The van der Waals surface area contributed by atoms with Crippen LogP contribution in [-0.4, -0.2) is 87.1 Å². The van der Waals surface area contributed by atoms with Crippen LogP contribution in [-0.2, 0) is 25.4 Å². The van der Waals surface area contributed by atoms with Crippen LogP contribution in [0.1, 0.15) is 29.0 Å². The number of carbonyl (C=O) groups excluding carboxylic acids is 3. The van der Waals surface area contributed by atoms with Gasteiger partial charge in [-0.2, -0.15) is 13.2 Å². The number of morpholine rings is 1. The Labute approximate surface area is 276 Å². The number of amides is 3. The molecule has 4 rings (SSSR count). The van der Waals surface area contributed by atoms with Crippen molar-refractivity contribution in [1.82, 2.24) is 10.6 Å². The number of alkyl carbamates (subject to hydrolysis) is 1. The normalized spacial score (nSPS) is 18.5. The second kappa shape index (κ2) is 17.1. The quantitative estimate of drug-likeness (QED) is 0.225. The minimum Gasteiger partial charge on any atom is -0.452 e. The summed E-state index contributed by atoms with van der Waals surface area (Å²) in [6.45, 7) is -2.02. The van der Waals surface area contributed by atoms with Gasteiger partial charge in [0.15, 0.2) is 0 Å². The Morgan fingerprint density at radius 2 is 1.62 bits per heavy atom. The average Bonchev–Trinajstić information content (AvgIpc) is 3.10. The van der Waals surface area contributed by atoms with Crippen LogP contribution in [0.2, 0.25) is 0 Å². The predicted octanol–water partition coefficient (Wildman–Crippen LogP) is 3.88. The van der Waals surface area contributed by atoms with Crippen LogP contribution in [0.15, 0.2) is 84.9 Å². The van der Waals surface area contributed by atoms with E-state index in [9.17, 15) is 32.7 Å². The number of ether oxygens (including phenoxy) is 3. The summed E-state index contributed by atoms with van der Waals surface area (Å²) in [5, 5.41) is 14.6. The highest BCUT2D eigenvalue weighted by molar-refractivity contribution is 6.15. The molecular weight excluding hydrogens is 633 g/mol. The molecule has 5 N–H and O–H groups in total. The molecule has 1 saturated heterocycles. The molecule has 0 radical (unpaired) electrons. The molecule has 1 fully saturated rings. The summed E-state index contributed by atoms with van der Waals surface area (Å²) in [5.74, 6) is -1.23. The van der Waals surface area contributed by atoms with Crippen molar-refractivity contribution in [2.45, 2.75) is 49.2 Å². The van der Waals surface area contributed by atoms with E-state index in [1.807, 2.05) is 60.7 Å². The van der Waals surface area contributed by atoms with Crippen LogP contribution in [0.4, 0.5) is 28.4 Å². The lowest BCUT2D eigenvalue weighted by molar-refractivity contribution is -0.124. The number of nitrogens with zero attached hydrogens (tertiary/aromatic N) is 1. The Kier molecular flexibility index (Phi) is 12.9. The number of halogens is 3. The van der Waals surface area contributed by atoms with Crippen molar-refractivity contribution in [3.63, 3.8) is 0 Å². The molecule has 1 heterocycles. The Morgan fingerprint density at radius 1 is 1.02 bits per heavy atom. The lowest BCUT2D eigenvalue weighted by Crippen LogP contribution is -2.56. The maximum absolute atomic E-state index is 14.1. The van der Waals surface area contributed by atoms with Gasteiger partial charge in [0.25, 0.3) is 5.91 Å². The van der Waals surface area contributed by atoms with Crippen LogP contribution in [0.25, 0.3) is 0 Å². The molecule has 14 heteroatoms. The van der Waals surface area contributed by atoms with Crippen molar-refractivity contribution >= 4 is 23.8 Å². The molecule has 1 aliphatic rings. The highest BCUT2D eigenvalue weighted by Crippen LogP contribution is 2.31. The van der Waals surface area contributed by atoms with Crippen LogP contribution in [0.3, 0.4) is 0 Å². The summed E-state index contributed by atoms with van der Waals surface area (Å²) < 4.78 is 52.9. The Hall–Kier alpha value is -4.50. The van der Waals surface area contributed by atoms with Gasteiger partial charge in [-0.05, 0) is 35.6 Å². The molecule has 258 valence electrons. The van der Waals surface area contributed by atoms with Crippen molar-refractivity contribution in [1.29, 1.82) is 0 Å². The number of aliphatic hydroxyl groups is 1. The van der Waals surface area contributed by atoms with Gasteiger partial charge in [-0.3, -0.25) is 4.79 Å². The maximum atomic E-state index is 14.1. The third-order valence-corrected chi connectivity index (χ3v) is 7.94. The number of aliphatic hydroxyl groups excluding tert-OH is 1. The Balaban J connectivity index is 1.46. The molecular formula is C34H39F3N4O7.